The lowest BCUT2D eigenvalue weighted by molar-refractivity contribution is -0.139. The maximum absolute atomic E-state index is 12.5. The first kappa shape index (κ1) is 20.4. The van der Waals surface area contributed by atoms with Crippen LogP contribution in [0.25, 0.3) is 0 Å². The molecule has 0 aromatic heterocycles. The van der Waals surface area contributed by atoms with Crippen LogP contribution in [0.3, 0.4) is 0 Å². The average Bonchev–Trinajstić information content (AvgIpc) is 2.89. The maximum atomic E-state index is 12.5. The number of carbonyl (C=O) groups is 2. The normalized spacial score (nSPS) is 14.3. The van der Waals surface area contributed by atoms with Crippen molar-refractivity contribution in [2.75, 3.05) is 19.1 Å². The third kappa shape index (κ3) is 4.11. The summed E-state index contributed by atoms with van der Waals surface area (Å²) in [5.74, 6) is -1.48. The van der Waals surface area contributed by atoms with Crippen LogP contribution in [-0.2, 0) is 28.9 Å². The van der Waals surface area contributed by atoms with Crippen LogP contribution in [0.4, 0.5) is 5.69 Å². The Hall–Kier alpha value is -2.87. The molecule has 1 aliphatic heterocycles. The molecule has 1 aromatic rings. The lowest BCUT2D eigenvalue weighted by Crippen LogP contribution is -2.27. The van der Waals surface area contributed by atoms with Gasteiger partial charge in [-0.15, -0.1) is 0 Å². The van der Waals surface area contributed by atoms with Crippen LogP contribution in [0.2, 0.25) is 0 Å². The summed E-state index contributed by atoms with van der Waals surface area (Å²) in [5.41, 5.74) is 0.304. The Morgan fingerprint density at radius 3 is 2.30 bits per heavy atom. The second-order valence-corrected chi connectivity index (χ2v) is 8.41. The van der Waals surface area contributed by atoms with E-state index in [1.165, 1.54) is 37.3 Å². The van der Waals surface area contributed by atoms with Gasteiger partial charge < -0.3 is 14.4 Å². The molecule has 27 heavy (non-hydrogen) atoms. The van der Waals surface area contributed by atoms with Crippen molar-refractivity contribution in [3.63, 3.8) is 0 Å². The summed E-state index contributed by atoms with van der Waals surface area (Å²) >= 11 is 0. The minimum Gasteiger partial charge on any atom is -0.465 e. The number of methoxy groups -OCH3 is 2. The Morgan fingerprint density at radius 1 is 1.04 bits per heavy atom. The fourth-order valence-corrected chi connectivity index (χ4v) is 3.55. The van der Waals surface area contributed by atoms with Gasteiger partial charge in [-0.2, -0.15) is 0 Å². The number of carbonyl (C=O) groups excluding carboxylic acids is 2. The highest BCUT2D eigenvalue weighted by Crippen LogP contribution is 2.29. The van der Waals surface area contributed by atoms with Gasteiger partial charge in [0.25, 0.3) is 0 Å². The minimum atomic E-state index is -3.52. The van der Waals surface area contributed by atoms with E-state index in [9.17, 15) is 18.0 Å². The van der Waals surface area contributed by atoms with Crippen molar-refractivity contribution in [2.45, 2.75) is 24.0 Å². The molecule has 0 spiro atoms. The van der Waals surface area contributed by atoms with Gasteiger partial charge in [-0.3, -0.25) is 0 Å². The molecule has 0 aliphatic carbocycles. The van der Waals surface area contributed by atoms with Gasteiger partial charge in [0, 0.05) is 11.9 Å². The van der Waals surface area contributed by atoms with Gasteiger partial charge in [-0.25, -0.2) is 18.0 Å². The second kappa shape index (κ2) is 8.22. The number of allylic oxidation sites excluding steroid dienone is 2. The smallest absolute Gasteiger partial charge is 0.355 e. The maximum Gasteiger partial charge on any atom is 0.355 e. The molecule has 1 aromatic carbocycles. The van der Waals surface area contributed by atoms with E-state index in [1.54, 1.807) is 44.3 Å². The van der Waals surface area contributed by atoms with E-state index in [-0.39, 0.29) is 16.2 Å². The summed E-state index contributed by atoms with van der Waals surface area (Å²) in [7, 11) is -1.12. The molecule has 0 fully saturated rings. The van der Waals surface area contributed by atoms with E-state index >= 15 is 0 Å². The number of esters is 2. The molecule has 0 unspecified atom stereocenters. The molecular formula is C19H21NO6S. The summed E-state index contributed by atoms with van der Waals surface area (Å²) < 4.78 is 34.6. The molecule has 0 radical (unpaired) electrons. The molecule has 144 valence electrons. The molecule has 8 heteroatoms. The number of sulfone groups is 1. The van der Waals surface area contributed by atoms with Crippen molar-refractivity contribution < 1.29 is 27.5 Å². The fourth-order valence-electron chi connectivity index (χ4n) is 2.45. The zero-order chi connectivity index (χ0) is 20.2. The highest BCUT2D eigenvalue weighted by atomic mass is 32.2. The van der Waals surface area contributed by atoms with E-state index in [0.717, 1.165) is 0 Å². The van der Waals surface area contributed by atoms with E-state index in [0.29, 0.717) is 5.69 Å². The highest BCUT2D eigenvalue weighted by molar-refractivity contribution is 7.92. The number of anilines is 1. The largest absolute Gasteiger partial charge is 0.465 e. The monoisotopic (exact) mass is 391 g/mol. The van der Waals surface area contributed by atoms with Gasteiger partial charge >= 0.3 is 11.9 Å². The molecule has 1 aliphatic rings. The molecule has 0 amide bonds. The molecule has 0 bridgehead atoms. The van der Waals surface area contributed by atoms with Crippen LogP contribution < -0.4 is 4.90 Å². The first-order chi connectivity index (χ1) is 12.7. The molecule has 0 N–H and O–H groups in total. The number of benzene rings is 1. The van der Waals surface area contributed by atoms with Crippen molar-refractivity contribution in [2.24, 2.45) is 0 Å². The van der Waals surface area contributed by atoms with Crippen LogP contribution >= 0.6 is 0 Å². The van der Waals surface area contributed by atoms with Gasteiger partial charge in [0.05, 0.1) is 29.9 Å². The van der Waals surface area contributed by atoms with Crippen LogP contribution in [0.5, 0.6) is 0 Å². The number of nitrogens with zero attached hydrogens (tertiary/aromatic N) is 1. The van der Waals surface area contributed by atoms with Crippen LogP contribution in [-0.4, -0.2) is 39.8 Å². The Labute approximate surface area is 158 Å². The summed E-state index contributed by atoms with van der Waals surface area (Å²) in [6.07, 6.45) is 6.16. The van der Waals surface area contributed by atoms with Gasteiger partial charge in [-0.05, 0) is 44.2 Å². The fraction of sp³-hybridized carbons (Fsp3) is 0.263. The van der Waals surface area contributed by atoms with E-state index < -0.39 is 27.0 Å². The quantitative estimate of drug-likeness (QED) is 0.712. The number of hydrogen-bond donors (Lipinski definition) is 0. The summed E-state index contributed by atoms with van der Waals surface area (Å²) in [5, 5.41) is -0.602. The Bertz CT molecular complexity index is 941. The van der Waals surface area contributed by atoms with Crippen LogP contribution in [0, 0.1) is 0 Å². The third-order valence-corrected chi connectivity index (χ3v) is 6.09. The first-order valence-corrected chi connectivity index (χ1v) is 9.67. The van der Waals surface area contributed by atoms with E-state index in [2.05, 4.69) is 0 Å². The zero-order valence-electron chi connectivity index (χ0n) is 15.5. The number of rotatable bonds is 5. The Morgan fingerprint density at radius 2 is 1.70 bits per heavy atom. The van der Waals surface area contributed by atoms with Crippen molar-refractivity contribution in [3.8, 4) is 0 Å². The van der Waals surface area contributed by atoms with Gasteiger partial charge in [0.1, 0.15) is 5.70 Å². The van der Waals surface area contributed by atoms with Crippen LogP contribution in [0.1, 0.15) is 13.8 Å². The zero-order valence-corrected chi connectivity index (χ0v) is 16.3. The molecular weight excluding hydrogens is 370 g/mol. The predicted molar refractivity (Wildman–Crippen MR) is 101 cm³/mol. The predicted octanol–water partition coefficient (Wildman–Crippen LogP) is 2.36. The molecule has 0 saturated heterocycles. The molecule has 0 atom stereocenters. The molecule has 2 rings (SSSR count). The Balaban J connectivity index is 2.68. The summed E-state index contributed by atoms with van der Waals surface area (Å²) in [6, 6.07) is 6.14. The summed E-state index contributed by atoms with van der Waals surface area (Å²) in [6.45, 7) is 3.18. The van der Waals surface area contributed by atoms with Gasteiger partial charge in [-0.1, -0.05) is 12.1 Å². The van der Waals surface area contributed by atoms with E-state index in [4.69, 9.17) is 9.47 Å². The van der Waals surface area contributed by atoms with Crippen molar-refractivity contribution in [3.05, 3.63) is 60.0 Å². The van der Waals surface area contributed by atoms with Crippen molar-refractivity contribution in [1.29, 1.82) is 0 Å². The summed E-state index contributed by atoms with van der Waals surface area (Å²) in [4.78, 5) is 26.1. The number of ether oxygens (including phenoxy) is 2. The second-order valence-electron chi connectivity index (χ2n) is 5.91. The van der Waals surface area contributed by atoms with Crippen molar-refractivity contribution >= 4 is 27.5 Å². The van der Waals surface area contributed by atoms with E-state index in [1.807, 2.05) is 0 Å². The lowest BCUT2D eigenvalue weighted by Gasteiger charge is -2.23. The highest BCUT2D eigenvalue weighted by Gasteiger charge is 2.28. The molecule has 1 heterocycles. The van der Waals surface area contributed by atoms with Gasteiger partial charge in [0.2, 0.25) is 0 Å². The van der Waals surface area contributed by atoms with Crippen molar-refractivity contribution in [1.82, 2.24) is 0 Å². The third-order valence-electron chi connectivity index (χ3n) is 3.93. The minimum absolute atomic E-state index is 0.00790. The van der Waals surface area contributed by atoms with Crippen LogP contribution in [0.15, 0.2) is 64.9 Å². The molecule has 7 nitrogen and oxygen atoms in total. The standard InChI is InChI=1S/C19H21NO6S/c1-13(2)27(23,24)15-9-7-8-14(12-15)20-11-6-5-10-16(18(21)25-3)17(20)19(22)26-4/h5-13H,1-4H3. The first-order valence-electron chi connectivity index (χ1n) is 8.13. The topological polar surface area (TPSA) is 90.0 Å². The molecule has 0 saturated carbocycles. The Kier molecular flexibility index (Phi) is 6.22. The average molecular weight is 391 g/mol. The lowest BCUT2D eigenvalue weighted by atomic mass is 10.1. The SMILES string of the molecule is COC(=O)C1=C(C(=O)OC)N(c2cccc(S(=O)(=O)C(C)C)c2)C=CC=C1. The number of hydrogen-bond acceptors (Lipinski definition) is 7. The van der Waals surface area contributed by atoms with Gasteiger partial charge in [0.15, 0.2) is 9.84 Å².